The van der Waals surface area contributed by atoms with Crippen molar-refractivity contribution in [2.75, 3.05) is 32.1 Å². The van der Waals surface area contributed by atoms with E-state index in [1.54, 1.807) is 34.9 Å². The monoisotopic (exact) mass is 663 g/mol. The number of hydrogen-bond donors (Lipinski definition) is 1. The molecule has 0 saturated carbocycles. The Labute approximate surface area is 248 Å². The number of imidazole rings is 1. The number of hydrogen-bond acceptors (Lipinski definition) is 7. The average Bonchev–Trinajstić information content (AvgIpc) is 3.40. The summed E-state index contributed by atoms with van der Waals surface area (Å²) >= 11 is 2.19. The third-order valence-electron chi connectivity index (χ3n) is 6.01. The maximum absolute atomic E-state index is 13.4. The topological polar surface area (TPSA) is 127 Å². The lowest BCUT2D eigenvalue weighted by atomic mass is 9.92. The van der Waals surface area contributed by atoms with Crippen LogP contribution in [-0.4, -0.2) is 68.6 Å². The van der Waals surface area contributed by atoms with E-state index in [9.17, 15) is 14.9 Å². The van der Waals surface area contributed by atoms with Crippen molar-refractivity contribution in [3.05, 3.63) is 38.7 Å². The van der Waals surface area contributed by atoms with Crippen molar-refractivity contribution in [1.29, 1.82) is 5.26 Å². The minimum atomic E-state index is -0.636. The highest BCUT2D eigenvalue weighted by Crippen LogP contribution is 2.31. The molecule has 2 amide bonds. The highest BCUT2D eigenvalue weighted by molar-refractivity contribution is 14.1. The quantitative estimate of drug-likeness (QED) is 0.296. The van der Waals surface area contributed by atoms with Gasteiger partial charge in [-0.2, -0.15) is 10.4 Å². The number of halogens is 1. The molecule has 0 radical (unpaired) electrons. The predicted molar refractivity (Wildman–Crippen MR) is 161 cm³/mol. The van der Waals surface area contributed by atoms with E-state index in [2.05, 4.69) is 39.1 Å². The molecule has 0 unspecified atom stereocenters. The van der Waals surface area contributed by atoms with Gasteiger partial charge in [-0.3, -0.25) is 14.8 Å². The number of ether oxygens (including phenoxy) is 2. The number of nitriles is 1. The molecule has 0 saturated heterocycles. The van der Waals surface area contributed by atoms with E-state index in [1.807, 2.05) is 53.0 Å². The molecule has 2 aromatic heterocycles. The van der Waals surface area contributed by atoms with Crippen LogP contribution in [0, 0.1) is 27.2 Å². The average molecular weight is 664 g/mol. The number of carbonyl (C=O) groups is 2. The van der Waals surface area contributed by atoms with E-state index >= 15 is 0 Å². The molecule has 2 heterocycles. The van der Waals surface area contributed by atoms with E-state index in [1.165, 1.54) is 0 Å². The van der Waals surface area contributed by atoms with Gasteiger partial charge in [-0.05, 0) is 75.4 Å². The van der Waals surface area contributed by atoms with Gasteiger partial charge in [0.1, 0.15) is 11.3 Å². The lowest BCUT2D eigenvalue weighted by Gasteiger charge is -2.34. The van der Waals surface area contributed by atoms with Gasteiger partial charge in [0.25, 0.3) is 5.91 Å². The van der Waals surface area contributed by atoms with Crippen LogP contribution in [0.3, 0.4) is 0 Å². The summed E-state index contributed by atoms with van der Waals surface area (Å²) in [5.74, 6) is 0.0195. The molecule has 216 valence electrons. The molecule has 1 aromatic carbocycles. The van der Waals surface area contributed by atoms with Gasteiger partial charge in [0.15, 0.2) is 0 Å². The van der Waals surface area contributed by atoms with Gasteiger partial charge < -0.3 is 18.9 Å². The summed E-state index contributed by atoms with van der Waals surface area (Å²) in [4.78, 5) is 32.8. The predicted octanol–water partition coefficient (Wildman–Crippen LogP) is 5.20. The molecule has 0 aliphatic carbocycles. The first kappa shape index (κ1) is 31.3. The lowest BCUT2D eigenvalue weighted by molar-refractivity contribution is 0.0113. The molecule has 0 spiro atoms. The van der Waals surface area contributed by atoms with Crippen molar-refractivity contribution in [3.63, 3.8) is 0 Å². The molecule has 1 N–H and O–H groups in total. The number of amides is 2. The zero-order valence-corrected chi connectivity index (χ0v) is 26.6. The van der Waals surface area contributed by atoms with Crippen molar-refractivity contribution in [1.82, 2.24) is 24.2 Å². The summed E-state index contributed by atoms with van der Waals surface area (Å²) in [6, 6.07) is 7.42. The summed E-state index contributed by atoms with van der Waals surface area (Å²) < 4.78 is 15.3. The van der Waals surface area contributed by atoms with E-state index in [0.717, 1.165) is 14.8 Å². The van der Waals surface area contributed by atoms with E-state index < -0.39 is 17.1 Å². The number of benzene rings is 1. The number of aryl methyl sites for hydroxylation is 2. The Kier molecular flexibility index (Phi) is 9.84. The van der Waals surface area contributed by atoms with Gasteiger partial charge >= 0.3 is 6.09 Å². The van der Waals surface area contributed by atoms with Crippen LogP contribution in [0.4, 0.5) is 10.7 Å². The van der Waals surface area contributed by atoms with Gasteiger partial charge in [0.2, 0.25) is 5.95 Å². The standard InChI is InChI=1S/C28H38IN7O4/c1-9-36-22(12-18(2)33-36)24(37)32-25-31-21-14-19(15-30)13-20(29)23(21)35(25)17-28(6,7)16-34(10-11-39-8)26(38)40-27(3,4)5/h12-14H,9-11,16-17H2,1-8H3,(H,31,32,37). The fourth-order valence-electron chi connectivity index (χ4n) is 4.42. The summed E-state index contributed by atoms with van der Waals surface area (Å²) in [5.41, 5.74) is 1.93. The molecule has 12 heteroatoms. The second kappa shape index (κ2) is 12.6. The van der Waals surface area contributed by atoms with Gasteiger partial charge in [-0.15, -0.1) is 0 Å². The number of rotatable bonds is 10. The van der Waals surface area contributed by atoms with Gasteiger partial charge in [-0.25, -0.2) is 9.78 Å². The molecular formula is C28H38IN7O4. The smallest absolute Gasteiger partial charge is 0.410 e. The molecule has 0 atom stereocenters. The summed E-state index contributed by atoms with van der Waals surface area (Å²) in [6.45, 7) is 15.4. The highest BCUT2D eigenvalue weighted by atomic mass is 127. The number of fused-ring (bicyclic) bond motifs is 1. The van der Waals surface area contributed by atoms with Crippen LogP contribution in [0.5, 0.6) is 0 Å². The number of nitrogens with zero attached hydrogens (tertiary/aromatic N) is 6. The van der Waals surface area contributed by atoms with Crippen LogP contribution >= 0.6 is 22.6 Å². The third kappa shape index (κ3) is 7.72. The van der Waals surface area contributed by atoms with Crippen molar-refractivity contribution in [2.45, 2.75) is 67.2 Å². The second-order valence-corrected chi connectivity index (χ2v) is 12.6. The fraction of sp³-hybridized carbons (Fsp3) is 0.536. The normalized spacial score (nSPS) is 11.9. The minimum absolute atomic E-state index is 0.331. The molecule has 0 aliphatic rings. The number of methoxy groups -OCH3 is 1. The molecule has 40 heavy (non-hydrogen) atoms. The van der Waals surface area contributed by atoms with Crippen molar-refractivity contribution in [3.8, 4) is 6.07 Å². The first-order valence-electron chi connectivity index (χ1n) is 13.1. The van der Waals surface area contributed by atoms with Crippen LogP contribution in [0.15, 0.2) is 18.2 Å². The van der Waals surface area contributed by atoms with Crippen molar-refractivity contribution >= 4 is 51.6 Å². The molecule has 0 bridgehead atoms. The Morgan fingerprint density at radius 2 is 1.90 bits per heavy atom. The van der Waals surface area contributed by atoms with E-state index in [-0.39, 0.29) is 5.91 Å². The Morgan fingerprint density at radius 3 is 2.50 bits per heavy atom. The van der Waals surface area contributed by atoms with Crippen molar-refractivity contribution in [2.24, 2.45) is 5.41 Å². The highest BCUT2D eigenvalue weighted by Gasteiger charge is 2.31. The molecule has 3 rings (SSSR count). The minimum Gasteiger partial charge on any atom is -0.444 e. The van der Waals surface area contributed by atoms with Crippen molar-refractivity contribution < 1.29 is 19.1 Å². The van der Waals surface area contributed by atoms with E-state index in [4.69, 9.17) is 14.5 Å². The SMILES string of the molecule is CCn1nc(C)cc1C(=O)Nc1nc2cc(C#N)cc(I)c2n1CC(C)(C)CN(CCOC)C(=O)OC(C)(C)C. The summed E-state index contributed by atoms with van der Waals surface area (Å²) in [5, 5.41) is 16.9. The maximum Gasteiger partial charge on any atom is 0.410 e. The molecule has 11 nitrogen and oxygen atoms in total. The van der Waals surface area contributed by atoms with E-state index in [0.29, 0.717) is 55.5 Å². The Balaban J connectivity index is 2.02. The van der Waals surface area contributed by atoms with Crippen LogP contribution in [-0.2, 0) is 22.6 Å². The first-order chi connectivity index (χ1) is 18.7. The van der Waals surface area contributed by atoms with Gasteiger partial charge in [-0.1, -0.05) is 13.8 Å². The maximum atomic E-state index is 13.4. The van der Waals surface area contributed by atoms with Crippen LogP contribution in [0.25, 0.3) is 11.0 Å². The largest absolute Gasteiger partial charge is 0.444 e. The van der Waals surface area contributed by atoms with Crippen LogP contribution < -0.4 is 5.32 Å². The number of nitrogens with one attached hydrogen (secondary N) is 1. The van der Waals surface area contributed by atoms with Gasteiger partial charge in [0, 0.05) is 42.3 Å². The Bertz CT molecular complexity index is 1430. The Hall–Kier alpha value is -3.18. The molecule has 0 fully saturated rings. The Morgan fingerprint density at radius 1 is 1.20 bits per heavy atom. The third-order valence-corrected chi connectivity index (χ3v) is 6.83. The first-order valence-corrected chi connectivity index (χ1v) is 14.2. The fourth-order valence-corrected chi connectivity index (χ4v) is 5.33. The lowest BCUT2D eigenvalue weighted by Crippen LogP contribution is -2.44. The van der Waals surface area contributed by atoms with Crippen LogP contribution in [0.1, 0.15) is 63.3 Å². The zero-order valence-electron chi connectivity index (χ0n) is 24.5. The number of carbonyl (C=O) groups excluding carboxylic acids is 2. The molecular weight excluding hydrogens is 625 g/mol. The number of aromatic nitrogens is 4. The summed E-state index contributed by atoms with van der Waals surface area (Å²) in [6.07, 6.45) is -0.418. The molecule has 3 aromatic rings. The van der Waals surface area contributed by atoms with Gasteiger partial charge in [0.05, 0.1) is 35.0 Å². The summed E-state index contributed by atoms with van der Waals surface area (Å²) in [7, 11) is 1.59. The zero-order chi connectivity index (χ0) is 29.8. The second-order valence-electron chi connectivity index (χ2n) is 11.5. The van der Waals surface area contributed by atoms with Crippen LogP contribution in [0.2, 0.25) is 0 Å². The molecule has 0 aliphatic heterocycles. The number of anilines is 1.